The summed E-state index contributed by atoms with van der Waals surface area (Å²) < 4.78 is 21.0. The zero-order valence-electron chi connectivity index (χ0n) is 13.1. The lowest BCUT2D eigenvalue weighted by atomic mass is 10.2. The quantitative estimate of drug-likeness (QED) is 0.850. The van der Waals surface area contributed by atoms with Crippen LogP contribution < -0.4 is 14.8 Å². The molecular formula is C16H16N2O6. The largest absolute Gasteiger partial charge is 0.482 e. The van der Waals surface area contributed by atoms with Crippen LogP contribution in [0.3, 0.4) is 0 Å². The highest BCUT2D eigenvalue weighted by molar-refractivity contribution is 5.92. The van der Waals surface area contributed by atoms with Gasteiger partial charge in [-0.1, -0.05) is 17.3 Å². The second-order valence-electron chi connectivity index (χ2n) is 5.29. The van der Waals surface area contributed by atoms with Gasteiger partial charge in [0.15, 0.2) is 23.9 Å². The molecule has 126 valence electrons. The van der Waals surface area contributed by atoms with Crippen LogP contribution in [0.1, 0.15) is 12.7 Å². The van der Waals surface area contributed by atoms with Gasteiger partial charge in [0.25, 0.3) is 5.91 Å². The highest BCUT2D eigenvalue weighted by Gasteiger charge is 2.35. The number of hydrogen-bond acceptors (Lipinski definition) is 7. The Labute approximate surface area is 137 Å². The first-order valence-electron chi connectivity index (χ1n) is 7.35. The number of carbonyl (C=O) groups excluding carboxylic acids is 2. The van der Waals surface area contributed by atoms with E-state index in [1.165, 1.54) is 0 Å². The minimum atomic E-state index is -0.943. The van der Waals surface area contributed by atoms with E-state index in [-0.39, 0.29) is 5.82 Å². The standard InChI is InChI=1S/C16H16N2O6/c1-9-7-13(18-24-9)17-14(19)8-21-16(20)15-10(2)22-11-5-3-4-6-12(11)23-15/h3-7,10,15H,8H2,1-2H3,(H,17,18,19)/t10-,15+/m1/s1. The number of nitrogens with zero attached hydrogens (tertiary/aromatic N) is 1. The van der Waals surface area contributed by atoms with Crippen molar-refractivity contribution in [1.82, 2.24) is 5.16 Å². The van der Waals surface area contributed by atoms with Gasteiger partial charge in [0.05, 0.1) is 0 Å². The molecule has 1 N–H and O–H groups in total. The first kappa shape index (κ1) is 15.9. The van der Waals surface area contributed by atoms with E-state index in [9.17, 15) is 9.59 Å². The Morgan fingerprint density at radius 2 is 1.96 bits per heavy atom. The Kier molecular flexibility index (Phi) is 4.37. The fraction of sp³-hybridized carbons (Fsp3) is 0.312. The second-order valence-corrected chi connectivity index (χ2v) is 5.29. The molecule has 2 heterocycles. The van der Waals surface area contributed by atoms with Crippen molar-refractivity contribution in [3.05, 3.63) is 36.1 Å². The molecule has 1 aliphatic rings. The number of amides is 1. The van der Waals surface area contributed by atoms with E-state index >= 15 is 0 Å². The first-order chi connectivity index (χ1) is 11.5. The van der Waals surface area contributed by atoms with Crippen LogP contribution in [0.2, 0.25) is 0 Å². The molecule has 1 aromatic heterocycles. The molecule has 0 saturated heterocycles. The van der Waals surface area contributed by atoms with E-state index in [0.29, 0.717) is 17.3 Å². The van der Waals surface area contributed by atoms with Gasteiger partial charge < -0.3 is 24.1 Å². The summed E-state index contributed by atoms with van der Waals surface area (Å²) >= 11 is 0. The number of anilines is 1. The molecule has 2 atom stereocenters. The maximum Gasteiger partial charge on any atom is 0.351 e. The number of ether oxygens (including phenoxy) is 3. The molecular weight excluding hydrogens is 316 g/mol. The Morgan fingerprint density at radius 1 is 1.25 bits per heavy atom. The number of nitrogens with one attached hydrogen (secondary N) is 1. The molecule has 0 unspecified atom stereocenters. The van der Waals surface area contributed by atoms with Gasteiger partial charge in [-0.2, -0.15) is 0 Å². The molecule has 8 heteroatoms. The molecule has 0 bridgehead atoms. The van der Waals surface area contributed by atoms with E-state index in [4.69, 9.17) is 18.7 Å². The smallest absolute Gasteiger partial charge is 0.351 e. The molecule has 1 aromatic carbocycles. The number of hydrogen-bond donors (Lipinski definition) is 1. The lowest BCUT2D eigenvalue weighted by molar-refractivity contribution is -0.159. The first-order valence-corrected chi connectivity index (χ1v) is 7.35. The van der Waals surface area contributed by atoms with E-state index in [0.717, 1.165) is 0 Å². The van der Waals surface area contributed by atoms with Crippen molar-refractivity contribution >= 4 is 17.7 Å². The highest BCUT2D eigenvalue weighted by atomic mass is 16.6. The van der Waals surface area contributed by atoms with Crippen LogP contribution in [0.5, 0.6) is 11.5 Å². The molecule has 2 aromatic rings. The lowest BCUT2D eigenvalue weighted by Crippen LogP contribution is -2.45. The van der Waals surface area contributed by atoms with E-state index in [2.05, 4.69) is 10.5 Å². The summed E-state index contributed by atoms with van der Waals surface area (Å²) in [7, 11) is 0. The third-order valence-electron chi connectivity index (χ3n) is 3.32. The topological polar surface area (TPSA) is 99.9 Å². The zero-order valence-corrected chi connectivity index (χ0v) is 13.1. The van der Waals surface area contributed by atoms with Gasteiger partial charge in [-0.25, -0.2) is 4.79 Å². The molecule has 24 heavy (non-hydrogen) atoms. The van der Waals surface area contributed by atoms with Crippen LogP contribution in [0.25, 0.3) is 0 Å². The van der Waals surface area contributed by atoms with Gasteiger partial charge in [-0.05, 0) is 26.0 Å². The second kappa shape index (κ2) is 6.61. The molecule has 0 fully saturated rings. The van der Waals surface area contributed by atoms with Crippen LogP contribution in [0.15, 0.2) is 34.9 Å². The number of esters is 1. The summed E-state index contributed by atoms with van der Waals surface area (Å²) in [4.78, 5) is 23.9. The van der Waals surface area contributed by atoms with Crippen molar-refractivity contribution in [3.8, 4) is 11.5 Å². The van der Waals surface area contributed by atoms with Gasteiger partial charge in [0, 0.05) is 6.07 Å². The summed E-state index contributed by atoms with van der Waals surface area (Å²) in [6.45, 7) is 2.93. The number of rotatable bonds is 4. The van der Waals surface area contributed by atoms with Crippen LogP contribution in [-0.2, 0) is 14.3 Å². The zero-order chi connectivity index (χ0) is 17.1. The number of aryl methyl sites for hydroxylation is 1. The van der Waals surface area contributed by atoms with Crippen LogP contribution >= 0.6 is 0 Å². The summed E-state index contributed by atoms with van der Waals surface area (Å²) in [5, 5.41) is 6.07. The SMILES string of the molecule is Cc1cc(NC(=O)COC(=O)[C@H]2Oc3ccccc3O[C@@H]2C)no1. The summed E-state index contributed by atoms with van der Waals surface area (Å²) in [6, 6.07) is 8.58. The summed E-state index contributed by atoms with van der Waals surface area (Å²) in [6.07, 6.45) is -1.48. The van der Waals surface area contributed by atoms with Crippen molar-refractivity contribution in [2.24, 2.45) is 0 Å². The van der Waals surface area contributed by atoms with Gasteiger partial charge in [0.1, 0.15) is 11.9 Å². The van der Waals surface area contributed by atoms with Crippen molar-refractivity contribution in [2.45, 2.75) is 26.1 Å². The molecule has 0 aliphatic carbocycles. The van der Waals surface area contributed by atoms with Crippen LogP contribution in [-0.4, -0.2) is 35.8 Å². The minimum Gasteiger partial charge on any atom is -0.482 e. The fourth-order valence-corrected chi connectivity index (χ4v) is 2.20. The van der Waals surface area contributed by atoms with Crippen molar-refractivity contribution in [1.29, 1.82) is 0 Å². The average molecular weight is 332 g/mol. The minimum absolute atomic E-state index is 0.257. The Morgan fingerprint density at radius 3 is 2.62 bits per heavy atom. The van der Waals surface area contributed by atoms with E-state index in [1.807, 2.05) is 6.07 Å². The Hall–Kier alpha value is -3.03. The number of aromatic nitrogens is 1. The van der Waals surface area contributed by atoms with Crippen LogP contribution in [0, 0.1) is 6.92 Å². The molecule has 0 radical (unpaired) electrons. The summed E-state index contributed by atoms with van der Waals surface area (Å²) in [5.74, 6) is 0.633. The van der Waals surface area contributed by atoms with Crippen LogP contribution in [0.4, 0.5) is 5.82 Å². The van der Waals surface area contributed by atoms with E-state index < -0.39 is 30.7 Å². The summed E-state index contributed by atoms with van der Waals surface area (Å²) in [5.41, 5.74) is 0. The van der Waals surface area contributed by atoms with Gasteiger partial charge in [0.2, 0.25) is 6.10 Å². The monoisotopic (exact) mass is 332 g/mol. The van der Waals surface area contributed by atoms with Gasteiger partial charge >= 0.3 is 5.97 Å². The maximum atomic E-state index is 12.1. The number of fused-ring (bicyclic) bond motifs is 1. The normalized spacial score (nSPS) is 18.8. The predicted octanol–water partition coefficient (Wildman–Crippen LogP) is 1.69. The molecule has 1 amide bonds. The van der Waals surface area contributed by atoms with Gasteiger partial charge in [-0.15, -0.1) is 0 Å². The van der Waals surface area contributed by atoms with Gasteiger partial charge in [-0.3, -0.25) is 4.79 Å². The lowest BCUT2D eigenvalue weighted by Gasteiger charge is -2.30. The number of para-hydroxylation sites is 2. The third-order valence-corrected chi connectivity index (χ3v) is 3.32. The number of benzene rings is 1. The average Bonchev–Trinajstić information content (AvgIpc) is 2.96. The third kappa shape index (κ3) is 3.48. The Bertz CT molecular complexity index is 757. The highest BCUT2D eigenvalue weighted by Crippen LogP contribution is 2.33. The maximum absolute atomic E-state index is 12.1. The molecule has 0 spiro atoms. The van der Waals surface area contributed by atoms with Crippen molar-refractivity contribution in [3.63, 3.8) is 0 Å². The molecule has 1 aliphatic heterocycles. The van der Waals surface area contributed by atoms with Crippen molar-refractivity contribution in [2.75, 3.05) is 11.9 Å². The van der Waals surface area contributed by atoms with E-state index in [1.54, 1.807) is 38.1 Å². The van der Waals surface area contributed by atoms with Crippen molar-refractivity contribution < 1.29 is 28.3 Å². The molecule has 3 rings (SSSR count). The predicted molar refractivity (Wildman–Crippen MR) is 81.8 cm³/mol. The fourth-order valence-electron chi connectivity index (χ4n) is 2.20. The Balaban J connectivity index is 1.54. The molecule has 0 saturated carbocycles. The molecule has 8 nitrogen and oxygen atoms in total. The number of carbonyl (C=O) groups is 2.